The van der Waals surface area contributed by atoms with Gasteiger partial charge in [0.1, 0.15) is 12.1 Å². The predicted molar refractivity (Wildman–Crippen MR) is 70.7 cm³/mol. The van der Waals surface area contributed by atoms with Crippen LogP contribution in [-0.4, -0.2) is 39.4 Å². The van der Waals surface area contributed by atoms with Gasteiger partial charge in [-0.15, -0.1) is 10.2 Å². The van der Waals surface area contributed by atoms with Gasteiger partial charge >= 0.3 is 0 Å². The third-order valence-electron chi connectivity index (χ3n) is 3.84. The van der Waals surface area contributed by atoms with Crippen LogP contribution in [0.25, 0.3) is 0 Å². The van der Waals surface area contributed by atoms with E-state index in [1.807, 2.05) is 0 Å². The second kappa shape index (κ2) is 5.28. The molecule has 0 bridgehead atoms. The maximum absolute atomic E-state index is 12.2. The molecule has 20 heavy (non-hydrogen) atoms. The molecule has 2 heterocycles. The third kappa shape index (κ3) is 2.31. The summed E-state index contributed by atoms with van der Waals surface area (Å²) in [5.74, 6) is -1.25. The highest BCUT2D eigenvalue weighted by atomic mass is 32.1. The van der Waals surface area contributed by atoms with Crippen molar-refractivity contribution < 1.29 is 14.4 Å². The van der Waals surface area contributed by atoms with Gasteiger partial charge in [-0.1, -0.05) is 24.2 Å². The lowest BCUT2D eigenvalue weighted by Gasteiger charge is -2.19. The fourth-order valence-electron chi connectivity index (χ4n) is 2.92. The summed E-state index contributed by atoms with van der Waals surface area (Å²) in [5, 5.41) is 10.2. The average molecular weight is 294 g/mol. The summed E-state index contributed by atoms with van der Waals surface area (Å²) in [4.78, 5) is 37.3. The number of carbonyl (C=O) groups excluding carboxylic acids is 3. The van der Waals surface area contributed by atoms with Gasteiger partial charge in [0.2, 0.25) is 22.9 Å². The van der Waals surface area contributed by atoms with Gasteiger partial charge in [-0.25, -0.2) is 0 Å². The molecule has 1 aromatic rings. The Hall–Kier alpha value is -1.83. The molecule has 1 aromatic heterocycles. The first-order chi connectivity index (χ1) is 9.66. The van der Waals surface area contributed by atoms with Gasteiger partial charge in [-0.3, -0.25) is 24.6 Å². The minimum absolute atomic E-state index is 0.202. The smallest absolute Gasteiger partial charge is 0.246 e. The molecule has 1 aliphatic heterocycles. The Balaban J connectivity index is 1.66. The van der Waals surface area contributed by atoms with Crippen molar-refractivity contribution in [3.63, 3.8) is 0 Å². The number of nitrogens with zero attached hydrogens (tertiary/aromatic N) is 3. The van der Waals surface area contributed by atoms with E-state index in [1.54, 1.807) is 0 Å². The Kier molecular flexibility index (Phi) is 3.47. The van der Waals surface area contributed by atoms with E-state index in [0.717, 1.165) is 30.6 Å². The lowest BCUT2D eigenvalue weighted by atomic mass is 9.81. The van der Waals surface area contributed by atoms with Crippen molar-refractivity contribution in [3.8, 4) is 0 Å². The number of fused-ring (bicyclic) bond motifs is 1. The number of rotatable bonds is 3. The van der Waals surface area contributed by atoms with Crippen LogP contribution in [0.15, 0.2) is 5.51 Å². The number of hydrogen-bond donors (Lipinski definition) is 1. The highest BCUT2D eigenvalue weighted by Gasteiger charge is 2.48. The lowest BCUT2D eigenvalue weighted by molar-refractivity contribution is -0.142. The highest BCUT2D eigenvalue weighted by Crippen LogP contribution is 2.37. The Labute approximate surface area is 119 Å². The van der Waals surface area contributed by atoms with Crippen molar-refractivity contribution in [2.45, 2.75) is 25.7 Å². The molecular formula is C12H14N4O3S. The summed E-state index contributed by atoms with van der Waals surface area (Å²) >= 11 is 1.19. The zero-order chi connectivity index (χ0) is 14.1. The Bertz CT molecular complexity index is 521. The van der Waals surface area contributed by atoms with Gasteiger partial charge < -0.3 is 0 Å². The first-order valence-electron chi connectivity index (χ1n) is 6.58. The molecule has 3 rings (SSSR count). The summed E-state index contributed by atoms with van der Waals surface area (Å²) in [7, 11) is 0. The normalized spacial score (nSPS) is 25.7. The molecule has 106 valence electrons. The van der Waals surface area contributed by atoms with Gasteiger partial charge in [-0.2, -0.15) is 0 Å². The molecule has 2 unspecified atom stereocenters. The van der Waals surface area contributed by atoms with Gasteiger partial charge in [0, 0.05) is 0 Å². The zero-order valence-electron chi connectivity index (χ0n) is 10.7. The van der Waals surface area contributed by atoms with Gasteiger partial charge in [0.25, 0.3) is 0 Å². The fourth-order valence-corrected chi connectivity index (χ4v) is 3.38. The number of hydrogen-bond acceptors (Lipinski definition) is 6. The SMILES string of the molecule is O=C(CN1C(=O)C2CCCCC2C1=O)Nc1nncs1. The van der Waals surface area contributed by atoms with E-state index in [4.69, 9.17) is 0 Å². The molecule has 7 nitrogen and oxygen atoms in total. The molecule has 0 radical (unpaired) electrons. The van der Waals surface area contributed by atoms with Crippen molar-refractivity contribution in [2.24, 2.45) is 11.8 Å². The summed E-state index contributed by atoms with van der Waals surface area (Å²) in [5.41, 5.74) is 1.50. The van der Waals surface area contributed by atoms with Crippen LogP contribution < -0.4 is 5.32 Å². The van der Waals surface area contributed by atoms with E-state index in [2.05, 4.69) is 15.5 Å². The van der Waals surface area contributed by atoms with Crippen LogP contribution >= 0.6 is 11.3 Å². The molecule has 1 N–H and O–H groups in total. The molecule has 1 saturated heterocycles. The van der Waals surface area contributed by atoms with Crippen molar-refractivity contribution in [2.75, 3.05) is 11.9 Å². The van der Waals surface area contributed by atoms with Crippen molar-refractivity contribution in [3.05, 3.63) is 5.51 Å². The van der Waals surface area contributed by atoms with Gasteiger partial charge in [-0.05, 0) is 12.8 Å². The number of carbonyl (C=O) groups is 3. The highest BCUT2D eigenvalue weighted by molar-refractivity contribution is 7.13. The van der Waals surface area contributed by atoms with E-state index in [0.29, 0.717) is 5.13 Å². The maximum atomic E-state index is 12.2. The van der Waals surface area contributed by atoms with E-state index in [9.17, 15) is 14.4 Å². The molecule has 1 aliphatic carbocycles. The first kappa shape index (κ1) is 13.2. The molecule has 2 atom stereocenters. The predicted octanol–water partition coefficient (Wildman–Crippen LogP) is 0.652. The molecule has 2 fully saturated rings. The van der Waals surface area contributed by atoms with Crippen LogP contribution in [0.5, 0.6) is 0 Å². The minimum Gasteiger partial charge on any atom is -0.299 e. The fraction of sp³-hybridized carbons (Fsp3) is 0.583. The largest absolute Gasteiger partial charge is 0.299 e. The summed E-state index contributed by atoms with van der Waals surface area (Å²) in [6.07, 6.45) is 3.46. The Morgan fingerprint density at radius 2 is 1.95 bits per heavy atom. The Morgan fingerprint density at radius 3 is 2.50 bits per heavy atom. The molecule has 3 amide bonds. The molecule has 8 heteroatoms. The standard InChI is InChI=1S/C12H14N4O3S/c17-9(14-12-15-13-6-20-12)5-16-10(18)7-3-1-2-4-8(7)11(16)19/h6-8H,1-5H2,(H,14,15,17). The number of anilines is 1. The summed E-state index contributed by atoms with van der Waals surface area (Å²) in [6.45, 7) is -0.232. The van der Waals surface area contributed by atoms with E-state index in [-0.39, 0.29) is 30.2 Å². The van der Waals surface area contributed by atoms with Crippen LogP contribution in [0.4, 0.5) is 5.13 Å². The van der Waals surface area contributed by atoms with E-state index in [1.165, 1.54) is 16.8 Å². The van der Waals surface area contributed by atoms with Crippen LogP contribution in [0.1, 0.15) is 25.7 Å². The second-order valence-corrected chi connectivity index (χ2v) is 5.89. The number of imide groups is 1. The number of aromatic nitrogens is 2. The molecule has 0 spiro atoms. The maximum Gasteiger partial charge on any atom is 0.246 e. The van der Waals surface area contributed by atoms with Crippen molar-refractivity contribution >= 4 is 34.2 Å². The third-order valence-corrected chi connectivity index (χ3v) is 4.45. The van der Waals surface area contributed by atoms with E-state index >= 15 is 0 Å². The second-order valence-electron chi connectivity index (χ2n) is 5.05. The molecule has 1 saturated carbocycles. The Morgan fingerprint density at radius 1 is 1.30 bits per heavy atom. The zero-order valence-corrected chi connectivity index (χ0v) is 11.6. The lowest BCUT2D eigenvalue weighted by Crippen LogP contribution is -2.38. The van der Waals surface area contributed by atoms with Crippen molar-refractivity contribution in [1.29, 1.82) is 0 Å². The number of likely N-dealkylation sites (tertiary alicyclic amines) is 1. The minimum atomic E-state index is -0.415. The van der Waals surface area contributed by atoms with Crippen LogP contribution in [0, 0.1) is 11.8 Å². The quantitative estimate of drug-likeness (QED) is 0.826. The van der Waals surface area contributed by atoms with E-state index < -0.39 is 5.91 Å². The average Bonchev–Trinajstić information content (AvgIpc) is 3.03. The topological polar surface area (TPSA) is 92.3 Å². The summed E-state index contributed by atoms with van der Waals surface area (Å²) < 4.78 is 0. The van der Waals surface area contributed by atoms with Gasteiger partial charge in [0.05, 0.1) is 11.8 Å². The van der Waals surface area contributed by atoms with Crippen LogP contribution in [0.2, 0.25) is 0 Å². The molecule has 0 aromatic carbocycles. The van der Waals surface area contributed by atoms with Crippen LogP contribution in [0.3, 0.4) is 0 Å². The van der Waals surface area contributed by atoms with Crippen LogP contribution in [-0.2, 0) is 14.4 Å². The molecule has 2 aliphatic rings. The number of nitrogens with one attached hydrogen (secondary N) is 1. The number of amides is 3. The van der Waals surface area contributed by atoms with Gasteiger partial charge in [0.15, 0.2) is 0 Å². The molecular weight excluding hydrogens is 280 g/mol. The first-order valence-corrected chi connectivity index (χ1v) is 7.46. The summed E-state index contributed by atoms with van der Waals surface area (Å²) in [6, 6.07) is 0. The van der Waals surface area contributed by atoms with Crippen molar-refractivity contribution in [1.82, 2.24) is 15.1 Å². The monoisotopic (exact) mass is 294 g/mol.